The van der Waals surface area contributed by atoms with Crippen molar-refractivity contribution in [3.05, 3.63) is 24.3 Å². The predicted molar refractivity (Wildman–Crippen MR) is 55.6 cm³/mol. The SMILES string of the molecule is CC(=O)Oc1cccc([N+](C)(C)N)c1. The first kappa shape index (κ1) is 10.7. The van der Waals surface area contributed by atoms with Crippen LogP contribution in [-0.2, 0) is 4.79 Å². The van der Waals surface area contributed by atoms with Gasteiger partial charge in [-0.3, -0.25) is 4.79 Å². The summed E-state index contributed by atoms with van der Waals surface area (Å²) in [5.74, 6) is 6.04. The largest absolute Gasteiger partial charge is 0.426 e. The molecular weight excluding hydrogens is 180 g/mol. The zero-order valence-corrected chi connectivity index (χ0v) is 8.65. The molecule has 0 radical (unpaired) electrons. The molecule has 0 unspecified atom stereocenters. The molecule has 4 nitrogen and oxygen atoms in total. The number of benzene rings is 1. The molecule has 1 aromatic carbocycles. The van der Waals surface area contributed by atoms with Gasteiger partial charge in [0.25, 0.3) is 0 Å². The van der Waals surface area contributed by atoms with E-state index in [1.54, 1.807) is 18.2 Å². The van der Waals surface area contributed by atoms with E-state index in [-0.39, 0.29) is 10.6 Å². The van der Waals surface area contributed by atoms with Crippen molar-refractivity contribution in [2.75, 3.05) is 14.1 Å². The van der Waals surface area contributed by atoms with Crippen LogP contribution in [0.15, 0.2) is 24.3 Å². The Morgan fingerprint density at radius 1 is 1.43 bits per heavy atom. The summed E-state index contributed by atoms with van der Waals surface area (Å²) in [6.45, 7) is 1.37. The van der Waals surface area contributed by atoms with Crippen LogP contribution in [0.25, 0.3) is 0 Å². The maximum Gasteiger partial charge on any atom is 0.308 e. The molecule has 0 saturated carbocycles. The van der Waals surface area contributed by atoms with E-state index in [4.69, 9.17) is 10.6 Å². The van der Waals surface area contributed by atoms with Crippen molar-refractivity contribution in [2.24, 2.45) is 5.84 Å². The van der Waals surface area contributed by atoms with Crippen LogP contribution >= 0.6 is 0 Å². The van der Waals surface area contributed by atoms with Gasteiger partial charge in [-0.2, -0.15) is 5.84 Å². The lowest BCUT2D eigenvalue weighted by Gasteiger charge is -2.21. The van der Waals surface area contributed by atoms with Crippen molar-refractivity contribution in [1.29, 1.82) is 0 Å². The van der Waals surface area contributed by atoms with Crippen molar-refractivity contribution >= 4 is 11.7 Å². The molecule has 0 aliphatic rings. The van der Waals surface area contributed by atoms with E-state index in [1.165, 1.54) is 6.92 Å². The summed E-state index contributed by atoms with van der Waals surface area (Å²) in [5.41, 5.74) is 0.878. The zero-order valence-electron chi connectivity index (χ0n) is 8.65. The minimum Gasteiger partial charge on any atom is -0.426 e. The van der Waals surface area contributed by atoms with Gasteiger partial charge in [0.1, 0.15) is 5.75 Å². The second-order valence-electron chi connectivity index (χ2n) is 3.63. The molecule has 2 N–H and O–H groups in total. The number of hydrogen-bond donors (Lipinski definition) is 1. The lowest BCUT2D eigenvalue weighted by molar-refractivity contribution is -0.131. The first-order valence-corrected chi connectivity index (χ1v) is 4.31. The minimum atomic E-state index is -0.329. The number of esters is 1. The van der Waals surface area contributed by atoms with Gasteiger partial charge >= 0.3 is 5.97 Å². The standard InChI is InChI=1S/C10H15N2O2/c1-8(13)14-10-6-4-5-9(7-10)12(2,3)11/h4-7H,11H2,1-3H3/q+1. The van der Waals surface area contributed by atoms with Gasteiger partial charge in [-0.15, -0.1) is 0 Å². The lowest BCUT2D eigenvalue weighted by Crippen LogP contribution is -2.47. The molecule has 14 heavy (non-hydrogen) atoms. The molecule has 0 fully saturated rings. The molecule has 0 atom stereocenters. The van der Waals surface area contributed by atoms with Crippen molar-refractivity contribution in [2.45, 2.75) is 6.92 Å². The molecule has 0 amide bonds. The van der Waals surface area contributed by atoms with E-state index < -0.39 is 0 Å². The highest BCUT2D eigenvalue weighted by atomic mass is 16.5. The van der Waals surface area contributed by atoms with Crippen molar-refractivity contribution in [3.8, 4) is 5.75 Å². The highest BCUT2D eigenvalue weighted by Gasteiger charge is 2.14. The minimum absolute atomic E-state index is 0.203. The quantitative estimate of drug-likeness (QED) is 0.252. The fraction of sp³-hybridized carbons (Fsp3) is 0.300. The van der Waals surface area contributed by atoms with Gasteiger partial charge in [0.2, 0.25) is 0 Å². The average Bonchev–Trinajstić information content (AvgIpc) is 2.01. The highest BCUT2D eigenvalue weighted by Crippen LogP contribution is 2.21. The van der Waals surface area contributed by atoms with Gasteiger partial charge in [0, 0.05) is 19.1 Å². The van der Waals surface area contributed by atoms with Crippen molar-refractivity contribution < 1.29 is 9.53 Å². The Kier molecular flexibility index (Phi) is 2.88. The number of carbonyl (C=O) groups excluding carboxylic acids is 1. The Bertz CT molecular complexity index is 342. The zero-order chi connectivity index (χ0) is 10.8. The molecule has 0 aromatic heterocycles. The predicted octanol–water partition coefficient (Wildman–Crippen LogP) is 1.05. The van der Waals surface area contributed by atoms with Gasteiger partial charge in [-0.05, 0) is 6.07 Å². The second-order valence-corrected chi connectivity index (χ2v) is 3.63. The third kappa shape index (κ3) is 2.83. The Morgan fingerprint density at radius 2 is 2.07 bits per heavy atom. The number of nitrogens with two attached hydrogens (primary N) is 1. The van der Waals surface area contributed by atoms with Crippen LogP contribution in [0.3, 0.4) is 0 Å². The summed E-state index contributed by atoms with van der Waals surface area (Å²) in [5, 5.41) is 0. The first-order chi connectivity index (χ1) is 6.39. The molecule has 76 valence electrons. The Hall–Kier alpha value is -1.39. The maximum absolute atomic E-state index is 10.7. The Labute approximate surface area is 83.4 Å². The number of carbonyl (C=O) groups is 1. The van der Waals surface area contributed by atoms with E-state index in [0.29, 0.717) is 5.75 Å². The molecule has 0 aliphatic heterocycles. The maximum atomic E-state index is 10.7. The first-order valence-electron chi connectivity index (χ1n) is 4.31. The number of rotatable bonds is 2. The summed E-state index contributed by atoms with van der Waals surface area (Å²) in [7, 11) is 3.68. The second kappa shape index (κ2) is 3.77. The van der Waals surface area contributed by atoms with Crippen LogP contribution in [0.5, 0.6) is 5.75 Å². The monoisotopic (exact) mass is 195 g/mol. The molecule has 0 bridgehead atoms. The number of ether oxygens (including phenoxy) is 1. The van der Waals surface area contributed by atoms with Crippen LogP contribution in [0.2, 0.25) is 0 Å². The molecule has 0 aliphatic carbocycles. The third-order valence-electron chi connectivity index (χ3n) is 1.74. The topological polar surface area (TPSA) is 52.3 Å². The third-order valence-corrected chi connectivity index (χ3v) is 1.74. The van der Waals surface area contributed by atoms with E-state index in [0.717, 1.165) is 5.69 Å². The van der Waals surface area contributed by atoms with Crippen LogP contribution in [0, 0.1) is 0 Å². The van der Waals surface area contributed by atoms with Crippen molar-refractivity contribution in [1.82, 2.24) is 4.59 Å². The molecule has 0 spiro atoms. The van der Waals surface area contributed by atoms with E-state index in [1.807, 2.05) is 20.2 Å². The fourth-order valence-electron chi connectivity index (χ4n) is 1.07. The lowest BCUT2D eigenvalue weighted by atomic mass is 10.3. The number of hydrogen-bond acceptors (Lipinski definition) is 3. The summed E-state index contributed by atoms with van der Waals surface area (Å²) in [6, 6.07) is 7.16. The van der Waals surface area contributed by atoms with Gasteiger partial charge in [-0.1, -0.05) is 6.07 Å². The van der Waals surface area contributed by atoms with Crippen LogP contribution in [0.1, 0.15) is 6.92 Å². The summed E-state index contributed by atoms with van der Waals surface area (Å²) >= 11 is 0. The Morgan fingerprint density at radius 3 is 2.57 bits per heavy atom. The highest BCUT2D eigenvalue weighted by molar-refractivity contribution is 5.69. The Balaban J connectivity index is 2.95. The van der Waals surface area contributed by atoms with Gasteiger partial charge in [-0.25, -0.2) is 4.59 Å². The summed E-state index contributed by atoms with van der Waals surface area (Å²) < 4.78 is 5.15. The smallest absolute Gasteiger partial charge is 0.308 e. The van der Waals surface area contributed by atoms with Crippen LogP contribution in [0.4, 0.5) is 5.69 Å². The van der Waals surface area contributed by atoms with Crippen LogP contribution < -0.4 is 15.2 Å². The normalized spacial score (nSPS) is 11.1. The van der Waals surface area contributed by atoms with Gasteiger partial charge < -0.3 is 4.74 Å². The molecular formula is C10H15N2O2+. The van der Waals surface area contributed by atoms with E-state index in [9.17, 15) is 4.79 Å². The molecule has 1 rings (SSSR count). The van der Waals surface area contributed by atoms with Gasteiger partial charge in [0.15, 0.2) is 5.69 Å². The van der Waals surface area contributed by atoms with E-state index in [2.05, 4.69) is 0 Å². The average molecular weight is 195 g/mol. The molecule has 0 heterocycles. The summed E-state index contributed by atoms with van der Waals surface area (Å²) in [4.78, 5) is 10.7. The number of nitrogens with zero attached hydrogens (tertiary/aromatic N) is 1. The fourth-order valence-corrected chi connectivity index (χ4v) is 1.07. The molecule has 0 saturated heterocycles. The van der Waals surface area contributed by atoms with Gasteiger partial charge in [0.05, 0.1) is 14.1 Å². The molecule has 4 heteroatoms. The summed E-state index contributed by atoms with van der Waals surface area (Å²) in [6.07, 6.45) is 0. The van der Waals surface area contributed by atoms with E-state index >= 15 is 0 Å². The number of quaternary nitrogens is 1. The van der Waals surface area contributed by atoms with Crippen LogP contribution in [-0.4, -0.2) is 20.1 Å². The van der Waals surface area contributed by atoms with Crippen molar-refractivity contribution in [3.63, 3.8) is 0 Å². The molecule has 1 aromatic rings.